The second kappa shape index (κ2) is 6.85. The number of amides is 1. The summed E-state index contributed by atoms with van der Waals surface area (Å²) in [4.78, 5) is 14.3. The van der Waals surface area contributed by atoms with Crippen LogP contribution in [0.1, 0.15) is 52.5 Å². The fourth-order valence-electron chi connectivity index (χ4n) is 2.78. The molecular formula is C15H19N3O2S2. The van der Waals surface area contributed by atoms with Gasteiger partial charge in [0.2, 0.25) is 0 Å². The molecule has 0 radical (unpaired) electrons. The monoisotopic (exact) mass is 337 g/mol. The lowest BCUT2D eigenvalue weighted by Crippen LogP contribution is -2.41. The Bertz CT molecular complexity index is 621. The topological polar surface area (TPSA) is 75.1 Å². The number of nitrogens with zero attached hydrogens (tertiary/aromatic N) is 2. The molecule has 1 aliphatic carbocycles. The molecule has 2 aromatic heterocycles. The maximum Gasteiger partial charge on any atom is 0.265 e. The largest absolute Gasteiger partial charge is 0.393 e. The molecule has 118 valence electrons. The molecule has 0 aromatic carbocycles. The molecule has 3 rings (SSSR count). The molecule has 2 aromatic rings. The lowest BCUT2D eigenvalue weighted by molar-refractivity contribution is 0.0241. The summed E-state index contributed by atoms with van der Waals surface area (Å²) in [6, 6.07) is 4.00. The number of rotatable bonds is 6. The van der Waals surface area contributed by atoms with Gasteiger partial charge in [-0.25, -0.2) is 0 Å². The SMILES string of the molecule is CCCc1nnsc1C(=O)N[C@@H](c1cccs1)C1CC(O)C1. The van der Waals surface area contributed by atoms with E-state index in [4.69, 9.17) is 0 Å². The van der Waals surface area contributed by atoms with Crippen LogP contribution in [-0.4, -0.2) is 26.7 Å². The van der Waals surface area contributed by atoms with E-state index in [0.29, 0.717) is 10.8 Å². The van der Waals surface area contributed by atoms with E-state index in [1.807, 2.05) is 17.5 Å². The zero-order valence-corrected chi connectivity index (χ0v) is 14.0. The molecule has 1 aliphatic rings. The van der Waals surface area contributed by atoms with Gasteiger partial charge in [0.05, 0.1) is 17.8 Å². The molecule has 7 heteroatoms. The Labute approximate surface area is 137 Å². The minimum absolute atomic E-state index is 0.0347. The number of aliphatic hydroxyl groups is 1. The van der Waals surface area contributed by atoms with E-state index in [-0.39, 0.29) is 18.1 Å². The molecule has 22 heavy (non-hydrogen) atoms. The minimum atomic E-state index is -0.231. The molecule has 0 unspecified atom stereocenters. The van der Waals surface area contributed by atoms with E-state index in [1.54, 1.807) is 11.3 Å². The third-order valence-corrected chi connectivity index (χ3v) is 5.73. The Morgan fingerprint density at radius 3 is 3.00 bits per heavy atom. The van der Waals surface area contributed by atoms with E-state index in [2.05, 4.69) is 21.8 Å². The van der Waals surface area contributed by atoms with Crippen molar-refractivity contribution < 1.29 is 9.90 Å². The summed E-state index contributed by atoms with van der Waals surface area (Å²) >= 11 is 2.79. The zero-order valence-electron chi connectivity index (χ0n) is 12.4. The summed E-state index contributed by atoms with van der Waals surface area (Å²) in [7, 11) is 0. The Morgan fingerprint density at radius 1 is 1.55 bits per heavy atom. The molecule has 5 nitrogen and oxygen atoms in total. The standard InChI is InChI=1S/C15H19N3O2S2/c1-2-4-11-14(22-18-17-11)15(20)16-13(9-7-10(19)8-9)12-5-3-6-21-12/h3,5-6,9-10,13,19H,2,4,7-8H2,1H3,(H,16,20)/t9?,10?,13-/m1/s1. The van der Waals surface area contributed by atoms with Crippen molar-refractivity contribution in [1.82, 2.24) is 14.9 Å². The third-order valence-electron chi connectivity index (χ3n) is 4.01. The van der Waals surface area contributed by atoms with E-state index < -0.39 is 0 Å². The fraction of sp³-hybridized carbons (Fsp3) is 0.533. The molecule has 0 aliphatic heterocycles. The number of aromatic nitrogens is 2. The van der Waals surface area contributed by atoms with E-state index in [1.165, 1.54) is 0 Å². The second-order valence-electron chi connectivity index (χ2n) is 5.65. The molecule has 2 N–H and O–H groups in total. The molecule has 1 saturated carbocycles. The first kappa shape index (κ1) is 15.6. The molecular weight excluding hydrogens is 318 g/mol. The number of aryl methyl sites for hydroxylation is 1. The number of aliphatic hydroxyl groups excluding tert-OH is 1. The van der Waals surface area contributed by atoms with Crippen LogP contribution in [-0.2, 0) is 6.42 Å². The maximum atomic E-state index is 12.6. The van der Waals surface area contributed by atoms with Gasteiger partial charge in [-0.1, -0.05) is 23.9 Å². The van der Waals surface area contributed by atoms with Crippen LogP contribution in [0.4, 0.5) is 0 Å². The fourth-order valence-corrected chi connectivity index (χ4v) is 4.26. The average Bonchev–Trinajstić information content (AvgIpc) is 3.13. The Hall–Kier alpha value is -1.31. The van der Waals surface area contributed by atoms with Crippen LogP contribution >= 0.6 is 22.9 Å². The summed E-state index contributed by atoms with van der Waals surface area (Å²) in [6.07, 6.45) is 2.96. The van der Waals surface area contributed by atoms with Gasteiger partial charge in [-0.2, -0.15) is 0 Å². The summed E-state index contributed by atoms with van der Waals surface area (Å²) in [6.45, 7) is 2.06. The van der Waals surface area contributed by atoms with Crippen molar-refractivity contribution in [2.24, 2.45) is 5.92 Å². The first-order chi connectivity index (χ1) is 10.7. The van der Waals surface area contributed by atoms with Crippen molar-refractivity contribution in [1.29, 1.82) is 0 Å². The Kier molecular flexibility index (Phi) is 4.85. The highest BCUT2D eigenvalue weighted by Gasteiger charge is 2.36. The van der Waals surface area contributed by atoms with Crippen LogP contribution in [0.15, 0.2) is 17.5 Å². The van der Waals surface area contributed by atoms with Crippen LogP contribution in [0.25, 0.3) is 0 Å². The third kappa shape index (κ3) is 3.21. The Balaban J connectivity index is 1.75. The lowest BCUT2D eigenvalue weighted by atomic mass is 9.76. The van der Waals surface area contributed by atoms with Gasteiger partial charge in [-0.3, -0.25) is 4.79 Å². The van der Waals surface area contributed by atoms with Crippen LogP contribution in [0, 0.1) is 5.92 Å². The predicted molar refractivity (Wildman–Crippen MR) is 87.2 cm³/mol. The van der Waals surface area contributed by atoms with Gasteiger partial charge in [0, 0.05) is 4.88 Å². The van der Waals surface area contributed by atoms with Gasteiger partial charge >= 0.3 is 0 Å². The van der Waals surface area contributed by atoms with Gasteiger partial charge in [-0.15, -0.1) is 16.4 Å². The highest BCUT2D eigenvalue weighted by molar-refractivity contribution is 7.10. The number of hydrogen-bond donors (Lipinski definition) is 2. The summed E-state index contributed by atoms with van der Waals surface area (Å²) in [5.74, 6) is 0.200. The highest BCUT2D eigenvalue weighted by atomic mass is 32.1. The number of carbonyl (C=O) groups is 1. The van der Waals surface area contributed by atoms with Crippen molar-refractivity contribution >= 4 is 28.8 Å². The second-order valence-corrected chi connectivity index (χ2v) is 7.38. The van der Waals surface area contributed by atoms with Crippen molar-refractivity contribution in [3.05, 3.63) is 33.0 Å². The van der Waals surface area contributed by atoms with E-state index in [0.717, 1.165) is 47.8 Å². The van der Waals surface area contributed by atoms with Gasteiger partial charge in [0.15, 0.2) is 0 Å². The molecule has 1 amide bonds. The molecule has 2 heterocycles. The number of nitrogens with one attached hydrogen (secondary N) is 1. The summed E-state index contributed by atoms with van der Waals surface area (Å²) < 4.78 is 3.92. The van der Waals surface area contributed by atoms with Crippen LogP contribution in [0.3, 0.4) is 0 Å². The summed E-state index contributed by atoms with van der Waals surface area (Å²) in [5, 5.41) is 18.8. The van der Waals surface area contributed by atoms with Gasteiger partial charge < -0.3 is 10.4 Å². The normalized spacial score (nSPS) is 22.1. The molecule has 1 fully saturated rings. The predicted octanol–water partition coefficient (Wildman–Crippen LogP) is 2.79. The summed E-state index contributed by atoms with van der Waals surface area (Å²) in [5.41, 5.74) is 0.781. The molecule has 0 spiro atoms. The number of thiophene rings is 1. The zero-order chi connectivity index (χ0) is 15.5. The van der Waals surface area contributed by atoms with Crippen molar-refractivity contribution in [3.63, 3.8) is 0 Å². The smallest absolute Gasteiger partial charge is 0.265 e. The average molecular weight is 337 g/mol. The molecule has 0 saturated heterocycles. The van der Waals surface area contributed by atoms with Crippen LogP contribution in [0.2, 0.25) is 0 Å². The number of hydrogen-bond acceptors (Lipinski definition) is 6. The Morgan fingerprint density at radius 2 is 2.36 bits per heavy atom. The molecule has 1 atom stereocenters. The van der Waals surface area contributed by atoms with Crippen molar-refractivity contribution in [3.8, 4) is 0 Å². The van der Waals surface area contributed by atoms with Crippen LogP contribution < -0.4 is 5.32 Å². The van der Waals surface area contributed by atoms with E-state index >= 15 is 0 Å². The van der Waals surface area contributed by atoms with Crippen LogP contribution in [0.5, 0.6) is 0 Å². The lowest BCUT2D eigenvalue weighted by Gasteiger charge is -2.37. The van der Waals surface area contributed by atoms with E-state index in [9.17, 15) is 9.90 Å². The first-order valence-electron chi connectivity index (χ1n) is 7.52. The van der Waals surface area contributed by atoms with Gasteiger partial charge in [0.25, 0.3) is 5.91 Å². The molecule has 0 bridgehead atoms. The maximum absolute atomic E-state index is 12.6. The minimum Gasteiger partial charge on any atom is -0.393 e. The van der Waals surface area contributed by atoms with Gasteiger partial charge in [-0.05, 0) is 48.2 Å². The highest BCUT2D eigenvalue weighted by Crippen LogP contribution is 2.39. The van der Waals surface area contributed by atoms with Crippen molar-refractivity contribution in [2.75, 3.05) is 0 Å². The van der Waals surface area contributed by atoms with Crippen molar-refractivity contribution in [2.45, 2.75) is 44.8 Å². The first-order valence-corrected chi connectivity index (χ1v) is 9.18. The van der Waals surface area contributed by atoms with Gasteiger partial charge in [0.1, 0.15) is 4.88 Å². The quantitative estimate of drug-likeness (QED) is 0.850. The number of carbonyl (C=O) groups excluding carboxylic acids is 1.